The molecule has 1 unspecified atom stereocenters. The fraction of sp³-hybridized carbons (Fsp3) is 0.429. The van der Waals surface area contributed by atoms with Gasteiger partial charge in [-0.2, -0.15) is 10.1 Å². The van der Waals surface area contributed by atoms with Crippen LogP contribution in [0.1, 0.15) is 18.4 Å². The summed E-state index contributed by atoms with van der Waals surface area (Å²) in [7, 11) is 3.79. The highest BCUT2D eigenvalue weighted by Gasteiger charge is 2.14. The van der Waals surface area contributed by atoms with Crippen molar-refractivity contribution in [2.45, 2.75) is 26.3 Å². The second-order valence-corrected chi connectivity index (χ2v) is 5.21. The summed E-state index contributed by atoms with van der Waals surface area (Å²) in [6.45, 7) is 4.03. The van der Waals surface area contributed by atoms with Gasteiger partial charge in [0.25, 0.3) is 5.89 Å². The van der Waals surface area contributed by atoms with Crippen molar-refractivity contribution < 1.29 is 4.52 Å². The van der Waals surface area contributed by atoms with E-state index in [0.29, 0.717) is 17.8 Å². The van der Waals surface area contributed by atoms with Gasteiger partial charge >= 0.3 is 0 Å². The third-order valence-electron chi connectivity index (χ3n) is 3.56. The molecule has 3 aromatic heterocycles. The van der Waals surface area contributed by atoms with Gasteiger partial charge in [-0.05, 0) is 27.0 Å². The number of hydrogen-bond acceptors (Lipinski definition) is 6. The van der Waals surface area contributed by atoms with Gasteiger partial charge in [0.1, 0.15) is 0 Å². The van der Waals surface area contributed by atoms with Gasteiger partial charge in [0.05, 0.1) is 11.3 Å². The quantitative estimate of drug-likeness (QED) is 0.782. The van der Waals surface area contributed by atoms with Crippen molar-refractivity contribution in [1.29, 1.82) is 0 Å². The lowest BCUT2D eigenvalue weighted by molar-refractivity contribution is 0.418. The molecule has 3 rings (SSSR count). The number of likely N-dealkylation sites (N-methyl/N-ethyl adjacent to an activating group) is 1. The van der Waals surface area contributed by atoms with Gasteiger partial charge in [-0.3, -0.25) is 4.68 Å². The van der Waals surface area contributed by atoms with Gasteiger partial charge in [0.15, 0.2) is 11.5 Å². The zero-order valence-electron chi connectivity index (χ0n) is 12.6. The molecule has 0 saturated carbocycles. The first-order valence-corrected chi connectivity index (χ1v) is 6.88. The number of nitrogens with zero attached hydrogens (tertiary/aromatic N) is 5. The maximum Gasteiger partial charge on any atom is 0.259 e. The first-order valence-electron chi connectivity index (χ1n) is 6.88. The third kappa shape index (κ3) is 2.52. The summed E-state index contributed by atoms with van der Waals surface area (Å²) in [6, 6.07) is 2.29. The van der Waals surface area contributed by atoms with E-state index < -0.39 is 0 Å². The van der Waals surface area contributed by atoms with Crippen LogP contribution in [0.25, 0.3) is 22.5 Å². The van der Waals surface area contributed by atoms with E-state index >= 15 is 0 Å². The van der Waals surface area contributed by atoms with Crippen molar-refractivity contribution in [3.8, 4) is 11.5 Å². The molecule has 21 heavy (non-hydrogen) atoms. The van der Waals surface area contributed by atoms with Crippen LogP contribution < -0.4 is 5.32 Å². The Balaban J connectivity index is 1.95. The predicted molar refractivity (Wildman–Crippen MR) is 78.8 cm³/mol. The summed E-state index contributed by atoms with van der Waals surface area (Å²) in [5.41, 5.74) is 2.60. The average Bonchev–Trinajstić information content (AvgIpc) is 3.04. The van der Waals surface area contributed by atoms with Crippen LogP contribution in [0.4, 0.5) is 0 Å². The van der Waals surface area contributed by atoms with Crippen molar-refractivity contribution in [3.63, 3.8) is 0 Å². The number of nitrogens with one attached hydrogen (secondary N) is 1. The minimum Gasteiger partial charge on any atom is -0.334 e. The minimum absolute atomic E-state index is 0.302. The molecular weight excluding hydrogens is 268 g/mol. The fourth-order valence-corrected chi connectivity index (χ4v) is 2.25. The molecule has 0 amide bonds. The molecular formula is C14H18N6O. The van der Waals surface area contributed by atoms with E-state index in [2.05, 4.69) is 32.5 Å². The molecule has 1 N–H and O–H groups in total. The summed E-state index contributed by atoms with van der Waals surface area (Å²) in [5.74, 6) is 1.18. The number of fused-ring (bicyclic) bond motifs is 1. The summed E-state index contributed by atoms with van der Waals surface area (Å²) < 4.78 is 7.10. The van der Waals surface area contributed by atoms with Crippen molar-refractivity contribution in [2.75, 3.05) is 7.05 Å². The molecule has 110 valence electrons. The van der Waals surface area contributed by atoms with E-state index in [1.807, 2.05) is 27.1 Å². The topological polar surface area (TPSA) is 81.7 Å². The maximum atomic E-state index is 5.34. The lowest BCUT2D eigenvalue weighted by Crippen LogP contribution is -2.24. The summed E-state index contributed by atoms with van der Waals surface area (Å²) in [5, 5.41) is 12.5. The van der Waals surface area contributed by atoms with E-state index in [1.54, 1.807) is 10.9 Å². The molecule has 3 aromatic rings. The smallest absolute Gasteiger partial charge is 0.259 e. The zero-order chi connectivity index (χ0) is 15.0. The molecule has 0 fully saturated rings. The molecule has 0 aliphatic heterocycles. The number of aryl methyl sites for hydroxylation is 2. The zero-order valence-corrected chi connectivity index (χ0v) is 12.6. The second kappa shape index (κ2) is 5.25. The molecule has 0 aliphatic rings. The van der Waals surface area contributed by atoms with Gasteiger partial charge in [0, 0.05) is 31.1 Å². The van der Waals surface area contributed by atoms with Crippen molar-refractivity contribution in [2.24, 2.45) is 7.05 Å². The Morgan fingerprint density at radius 2 is 2.24 bits per heavy atom. The molecule has 7 heteroatoms. The van der Waals surface area contributed by atoms with E-state index in [-0.39, 0.29) is 0 Å². The number of rotatable bonds is 4. The molecule has 0 radical (unpaired) electrons. The number of pyridine rings is 1. The highest BCUT2D eigenvalue weighted by molar-refractivity contribution is 5.81. The summed E-state index contributed by atoms with van der Waals surface area (Å²) in [6.07, 6.45) is 2.46. The first kappa shape index (κ1) is 13.7. The fourth-order valence-electron chi connectivity index (χ4n) is 2.25. The van der Waals surface area contributed by atoms with Crippen LogP contribution in [0.5, 0.6) is 0 Å². The van der Waals surface area contributed by atoms with Crippen LogP contribution in [-0.4, -0.2) is 38.0 Å². The molecule has 0 spiro atoms. The predicted octanol–water partition coefficient (Wildman–Crippen LogP) is 1.48. The Morgan fingerprint density at radius 3 is 3.00 bits per heavy atom. The molecule has 1 atom stereocenters. The molecule has 0 aliphatic carbocycles. The Morgan fingerprint density at radius 1 is 1.43 bits per heavy atom. The standard InChI is InChI=1S/C14H18N6O/c1-8(15-3)5-12-17-14(21-19-12)10-6-11-9(2)18-20(4)13(11)16-7-10/h6-8,15H,5H2,1-4H3. The van der Waals surface area contributed by atoms with Crippen LogP contribution in [0.2, 0.25) is 0 Å². The van der Waals surface area contributed by atoms with Crippen LogP contribution >= 0.6 is 0 Å². The van der Waals surface area contributed by atoms with Crippen molar-refractivity contribution >= 4 is 11.0 Å². The Bertz CT molecular complexity index is 775. The number of hydrogen-bond donors (Lipinski definition) is 1. The molecule has 7 nitrogen and oxygen atoms in total. The largest absolute Gasteiger partial charge is 0.334 e. The van der Waals surface area contributed by atoms with Gasteiger partial charge in [-0.1, -0.05) is 5.16 Å². The van der Waals surface area contributed by atoms with Crippen molar-refractivity contribution in [3.05, 3.63) is 23.8 Å². The third-order valence-corrected chi connectivity index (χ3v) is 3.56. The summed E-state index contributed by atoms with van der Waals surface area (Å²) >= 11 is 0. The molecule has 3 heterocycles. The number of aromatic nitrogens is 5. The minimum atomic E-state index is 0.302. The van der Waals surface area contributed by atoms with Crippen LogP contribution in [0.15, 0.2) is 16.8 Å². The molecule has 0 aromatic carbocycles. The van der Waals surface area contributed by atoms with Crippen LogP contribution in [0.3, 0.4) is 0 Å². The molecule has 0 bridgehead atoms. The van der Waals surface area contributed by atoms with Gasteiger partial charge in [0.2, 0.25) is 0 Å². The first-order chi connectivity index (χ1) is 10.1. The van der Waals surface area contributed by atoms with E-state index in [0.717, 1.165) is 28.7 Å². The maximum absolute atomic E-state index is 5.34. The second-order valence-electron chi connectivity index (χ2n) is 5.21. The van der Waals surface area contributed by atoms with Gasteiger partial charge in [-0.15, -0.1) is 0 Å². The van der Waals surface area contributed by atoms with Crippen LogP contribution in [0, 0.1) is 6.92 Å². The normalized spacial score (nSPS) is 13.0. The van der Waals surface area contributed by atoms with Crippen LogP contribution in [-0.2, 0) is 13.5 Å². The van der Waals surface area contributed by atoms with Crippen molar-refractivity contribution in [1.82, 2.24) is 30.2 Å². The molecule has 0 saturated heterocycles. The summed E-state index contributed by atoms with van der Waals surface area (Å²) in [4.78, 5) is 8.85. The Kier molecular flexibility index (Phi) is 3.42. The lowest BCUT2D eigenvalue weighted by atomic mass is 10.2. The lowest BCUT2D eigenvalue weighted by Gasteiger charge is -2.04. The van der Waals surface area contributed by atoms with Gasteiger partial charge < -0.3 is 9.84 Å². The van der Waals surface area contributed by atoms with Gasteiger partial charge in [-0.25, -0.2) is 4.98 Å². The highest BCUT2D eigenvalue weighted by atomic mass is 16.5. The SMILES string of the molecule is CNC(C)Cc1noc(-c2cnc3c(c2)c(C)nn3C)n1. The average molecular weight is 286 g/mol. The van der Waals surface area contributed by atoms with E-state index in [1.165, 1.54) is 0 Å². The highest BCUT2D eigenvalue weighted by Crippen LogP contribution is 2.23. The Hall–Kier alpha value is -2.28. The monoisotopic (exact) mass is 286 g/mol. The van der Waals surface area contributed by atoms with E-state index in [4.69, 9.17) is 4.52 Å². The van der Waals surface area contributed by atoms with E-state index in [9.17, 15) is 0 Å². The Labute approximate surface area is 122 Å².